The van der Waals surface area contributed by atoms with Gasteiger partial charge >= 0.3 is 0 Å². The van der Waals surface area contributed by atoms with Crippen LogP contribution >= 0.6 is 0 Å². The van der Waals surface area contributed by atoms with Crippen LogP contribution in [0.3, 0.4) is 0 Å². The van der Waals surface area contributed by atoms with Crippen molar-refractivity contribution >= 4 is 11.6 Å². The molecule has 122 valence electrons. The van der Waals surface area contributed by atoms with Gasteiger partial charge in [-0.1, -0.05) is 12.1 Å². The molecule has 1 aliphatic heterocycles. The lowest BCUT2D eigenvalue weighted by Gasteiger charge is -2.53. The third-order valence-corrected chi connectivity index (χ3v) is 4.85. The number of anilines is 1. The van der Waals surface area contributed by atoms with Gasteiger partial charge in [-0.15, -0.1) is 0 Å². The summed E-state index contributed by atoms with van der Waals surface area (Å²) in [4.78, 5) is 17.1. The van der Waals surface area contributed by atoms with E-state index in [0.717, 1.165) is 24.1 Å². The number of carbonyl (C=O) groups is 1. The second-order valence-electron chi connectivity index (χ2n) is 7.95. The molecule has 1 amide bonds. The van der Waals surface area contributed by atoms with Crippen molar-refractivity contribution in [1.29, 1.82) is 0 Å². The first-order valence-corrected chi connectivity index (χ1v) is 8.23. The van der Waals surface area contributed by atoms with Gasteiger partial charge < -0.3 is 9.80 Å². The van der Waals surface area contributed by atoms with E-state index in [1.54, 1.807) is 0 Å². The van der Waals surface area contributed by atoms with Crippen molar-refractivity contribution in [3.8, 4) is 0 Å². The second kappa shape index (κ2) is 5.94. The average Bonchev–Trinajstić information content (AvgIpc) is 2.36. The summed E-state index contributed by atoms with van der Waals surface area (Å²) in [5.41, 5.74) is 2.15. The molecular formula is C19H30N2O. The van der Waals surface area contributed by atoms with Gasteiger partial charge in [0.1, 0.15) is 0 Å². The third-order valence-electron chi connectivity index (χ3n) is 4.85. The number of piperidine rings is 1. The first-order valence-electron chi connectivity index (χ1n) is 8.23. The van der Waals surface area contributed by atoms with Gasteiger partial charge in [0.2, 0.25) is 5.91 Å². The summed E-state index contributed by atoms with van der Waals surface area (Å²) >= 11 is 0. The normalized spacial score (nSPS) is 19.8. The van der Waals surface area contributed by atoms with E-state index in [-0.39, 0.29) is 17.0 Å². The summed E-state index contributed by atoms with van der Waals surface area (Å²) in [6, 6.07) is 8.29. The van der Waals surface area contributed by atoms with Crippen molar-refractivity contribution in [3.05, 3.63) is 29.8 Å². The highest BCUT2D eigenvalue weighted by Crippen LogP contribution is 2.38. The van der Waals surface area contributed by atoms with Crippen molar-refractivity contribution in [3.63, 3.8) is 0 Å². The van der Waals surface area contributed by atoms with Gasteiger partial charge in [-0.25, -0.2) is 0 Å². The van der Waals surface area contributed by atoms with Crippen LogP contribution in [0.15, 0.2) is 24.3 Å². The van der Waals surface area contributed by atoms with E-state index in [0.29, 0.717) is 6.42 Å². The van der Waals surface area contributed by atoms with Crippen molar-refractivity contribution in [1.82, 2.24) is 4.90 Å². The Labute approximate surface area is 135 Å². The number of hydrogen-bond donors (Lipinski definition) is 0. The average molecular weight is 302 g/mol. The van der Waals surface area contributed by atoms with Crippen LogP contribution in [-0.4, -0.2) is 36.0 Å². The highest BCUT2D eigenvalue weighted by molar-refractivity contribution is 5.80. The van der Waals surface area contributed by atoms with Gasteiger partial charge in [-0.2, -0.15) is 0 Å². The minimum atomic E-state index is -0.0532. The zero-order chi connectivity index (χ0) is 16.5. The Balaban J connectivity index is 2.16. The Kier molecular flexibility index (Phi) is 4.55. The van der Waals surface area contributed by atoms with Crippen LogP contribution in [-0.2, 0) is 11.2 Å². The van der Waals surface area contributed by atoms with Gasteiger partial charge in [0, 0.05) is 30.9 Å². The molecule has 1 fully saturated rings. The van der Waals surface area contributed by atoms with Gasteiger partial charge in [0.25, 0.3) is 0 Å². The summed E-state index contributed by atoms with van der Waals surface area (Å²) in [6.07, 6.45) is 3.85. The molecule has 0 radical (unpaired) electrons. The molecule has 1 aliphatic rings. The molecule has 1 aromatic rings. The van der Waals surface area contributed by atoms with Crippen LogP contribution in [0.1, 0.15) is 52.5 Å². The molecule has 22 heavy (non-hydrogen) atoms. The van der Waals surface area contributed by atoms with Gasteiger partial charge in [-0.3, -0.25) is 4.79 Å². The number of rotatable bonds is 3. The van der Waals surface area contributed by atoms with Crippen molar-refractivity contribution < 1.29 is 4.79 Å². The molecule has 1 aromatic carbocycles. The molecule has 0 N–H and O–H groups in total. The van der Waals surface area contributed by atoms with Gasteiger partial charge in [-0.05, 0) is 64.7 Å². The summed E-state index contributed by atoms with van der Waals surface area (Å²) in [5, 5.41) is 0. The Morgan fingerprint density at radius 2 is 1.55 bits per heavy atom. The van der Waals surface area contributed by atoms with Crippen molar-refractivity contribution in [2.75, 3.05) is 19.0 Å². The standard InChI is InChI=1S/C19H30N2O/c1-18(2)12-7-13-19(3,4)21(18)17(22)14-15-8-10-16(11-9-15)20(5)6/h8-11H,7,12-14H2,1-6H3. The van der Waals surface area contributed by atoms with Crippen LogP contribution in [0, 0.1) is 0 Å². The largest absolute Gasteiger partial charge is 0.378 e. The molecule has 3 nitrogen and oxygen atoms in total. The number of amides is 1. The van der Waals surface area contributed by atoms with Gasteiger partial charge in [0.05, 0.1) is 6.42 Å². The van der Waals surface area contributed by atoms with Gasteiger partial charge in [0.15, 0.2) is 0 Å². The Hall–Kier alpha value is -1.51. The summed E-state index contributed by atoms with van der Waals surface area (Å²) in [7, 11) is 4.05. The highest BCUT2D eigenvalue weighted by Gasteiger charge is 2.43. The zero-order valence-electron chi connectivity index (χ0n) is 14.9. The maximum absolute atomic E-state index is 12.9. The Bertz CT molecular complexity index is 513. The smallest absolute Gasteiger partial charge is 0.227 e. The Morgan fingerprint density at radius 1 is 1.05 bits per heavy atom. The first-order chi connectivity index (χ1) is 10.1. The van der Waals surface area contributed by atoms with E-state index in [1.165, 1.54) is 6.42 Å². The first kappa shape index (κ1) is 16.9. The second-order valence-corrected chi connectivity index (χ2v) is 7.95. The molecular weight excluding hydrogens is 272 g/mol. The summed E-state index contributed by atoms with van der Waals surface area (Å²) < 4.78 is 0. The zero-order valence-corrected chi connectivity index (χ0v) is 14.9. The van der Waals surface area contributed by atoms with E-state index in [1.807, 2.05) is 14.1 Å². The number of carbonyl (C=O) groups excluding carboxylic acids is 1. The SMILES string of the molecule is CN(C)c1ccc(CC(=O)N2C(C)(C)CCCC2(C)C)cc1. The molecule has 0 atom stereocenters. The lowest BCUT2D eigenvalue weighted by Crippen LogP contribution is -2.61. The fourth-order valence-corrected chi connectivity index (χ4v) is 3.84. The third kappa shape index (κ3) is 3.45. The monoisotopic (exact) mass is 302 g/mol. The van der Waals surface area contributed by atoms with E-state index in [9.17, 15) is 4.79 Å². The van der Waals surface area contributed by atoms with Crippen molar-refractivity contribution in [2.45, 2.75) is 64.5 Å². The molecule has 1 heterocycles. The molecule has 0 saturated carbocycles. The lowest BCUT2D eigenvalue weighted by molar-refractivity contribution is -0.148. The summed E-state index contributed by atoms with van der Waals surface area (Å²) in [6.45, 7) is 8.78. The molecule has 2 rings (SSSR count). The van der Waals surface area contributed by atoms with Crippen molar-refractivity contribution in [2.24, 2.45) is 0 Å². The number of nitrogens with zero attached hydrogens (tertiary/aromatic N) is 2. The predicted octanol–water partition coefficient (Wildman–Crippen LogP) is 3.86. The van der Waals surface area contributed by atoms with Crippen LogP contribution in [0.4, 0.5) is 5.69 Å². The van der Waals surface area contributed by atoms with Crippen LogP contribution in [0.2, 0.25) is 0 Å². The molecule has 0 unspecified atom stereocenters. The highest BCUT2D eigenvalue weighted by atomic mass is 16.2. The fraction of sp³-hybridized carbons (Fsp3) is 0.632. The number of likely N-dealkylation sites (tertiary alicyclic amines) is 1. The molecule has 0 aliphatic carbocycles. The molecule has 0 bridgehead atoms. The van der Waals surface area contributed by atoms with E-state index in [2.05, 4.69) is 61.8 Å². The minimum Gasteiger partial charge on any atom is -0.378 e. The maximum Gasteiger partial charge on any atom is 0.227 e. The van der Waals surface area contributed by atoms with E-state index in [4.69, 9.17) is 0 Å². The maximum atomic E-state index is 12.9. The van der Waals surface area contributed by atoms with E-state index < -0.39 is 0 Å². The topological polar surface area (TPSA) is 23.6 Å². The predicted molar refractivity (Wildman–Crippen MR) is 93.3 cm³/mol. The molecule has 0 spiro atoms. The number of benzene rings is 1. The van der Waals surface area contributed by atoms with Crippen LogP contribution < -0.4 is 4.90 Å². The minimum absolute atomic E-state index is 0.0532. The molecule has 0 aromatic heterocycles. The molecule has 1 saturated heterocycles. The lowest BCUT2D eigenvalue weighted by atomic mass is 9.79. The number of hydrogen-bond acceptors (Lipinski definition) is 2. The van der Waals surface area contributed by atoms with E-state index >= 15 is 0 Å². The Morgan fingerprint density at radius 3 is 2.00 bits per heavy atom. The summed E-state index contributed by atoms with van der Waals surface area (Å²) in [5.74, 6) is 0.243. The van der Waals surface area contributed by atoms with Crippen LogP contribution in [0.25, 0.3) is 0 Å². The van der Waals surface area contributed by atoms with Crippen LogP contribution in [0.5, 0.6) is 0 Å². The fourth-order valence-electron chi connectivity index (χ4n) is 3.84. The molecule has 3 heteroatoms. The quantitative estimate of drug-likeness (QED) is 0.846.